The molecule has 0 radical (unpaired) electrons. The maximum atomic E-state index is 13.2. The normalized spacial score (nSPS) is 11.4. The van der Waals surface area contributed by atoms with Crippen LogP contribution in [0.3, 0.4) is 0 Å². The highest BCUT2D eigenvalue weighted by molar-refractivity contribution is 7.92. The zero-order valence-corrected chi connectivity index (χ0v) is 14.3. The number of benzene rings is 2. The van der Waals surface area contributed by atoms with Crippen LogP contribution in [-0.2, 0) is 16.6 Å². The molecule has 0 bridgehead atoms. The first-order chi connectivity index (χ1) is 11.5. The maximum Gasteiger partial charge on any atom is 0.264 e. The predicted molar refractivity (Wildman–Crippen MR) is 92.2 cm³/mol. The standard InChI is InChI=1S/C18H18N2O3S/c1-14-18(15(2)23-19-14)13-20(16-9-5-3-6-10-16)24(21,22)17-11-7-4-8-12-17/h3-12H,13H2,1-2H3. The number of hydrogen-bond donors (Lipinski definition) is 0. The largest absolute Gasteiger partial charge is 0.361 e. The first-order valence-corrected chi connectivity index (χ1v) is 8.99. The fraction of sp³-hybridized carbons (Fsp3) is 0.167. The zero-order valence-electron chi connectivity index (χ0n) is 13.5. The fourth-order valence-corrected chi connectivity index (χ4v) is 3.95. The lowest BCUT2D eigenvalue weighted by Crippen LogP contribution is -2.30. The highest BCUT2D eigenvalue weighted by Gasteiger charge is 2.27. The van der Waals surface area contributed by atoms with Crippen LogP contribution in [0.2, 0.25) is 0 Å². The van der Waals surface area contributed by atoms with Crippen molar-refractivity contribution in [2.24, 2.45) is 0 Å². The molecular formula is C18H18N2O3S. The van der Waals surface area contributed by atoms with E-state index in [1.165, 1.54) is 4.31 Å². The van der Waals surface area contributed by atoms with Crippen molar-refractivity contribution < 1.29 is 12.9 Å². The number of hydrogen-bond acceptors (Lipinski definition) is 4. The lowest BCUT2D eigenvalue weighted by molar-refractivity contribution is 0.392. The average molecular weight is 342 g/mol. The van der Waals surface area contributed by atoms with Gasteiger partial charge in [0.15, 0.2) is 0 Å². The second kappa shape index (κ2) is 6.49. The molecule has 0 aliphatic rings. The fourth-order valence-electron chi connectivity index (χ4n) is 2.50. The van der Waals surface area contributed by atoms with E-state index in [4.69, 9.17) is 4.52 Å². The van der Waals surface area contributed by atoms with Gasteiger partial charge in [-0.25, -0.2) is 8.42 Å². The molecule has 0 atom stereocenters. The van der Waals surface area contributed by atoms with Crippen LogP contribution in [0.15, 0.2) is 70.1 Å². The van der Waals surface area contributed by atoms with Gasteiger partial charge in [-0.05, 0) is 38.1 Å². The molecule has 0 N–H and O–H groups in total. The number of aromatic nitrogens is 1. The topological polar surface area (TPSA) is 63.4 Å². The molecule has 0 spiro atoms. The van der Waals surface area contributed by atoms with Gasteiger partial charge in [0.05, 0.1) is 22.8 Å². The smallest absolute Gasteiger partial charge is 0.264 e. The van der Waals surface area contributed by atoms with Gasteiger partial charge < -0.3 is 4.52 Å². The Labute approximate surface area is 141 Å². The van der Waals surface area contributed by atoms with Gasteiger partial charge in [-0.3, -0.25) is 4.31 Å². The van der Waals surface area contributed by atoms with E-state index in [0.717, 1.165) is 5.56 Å². The molecule has 3 rings (SSSR count). The van der Waals surface area contributed by atoms with Gasteiger partial charge in [0, 0.05) is 5.56 Å². The Kier molecular flexibility index (Phi) is 4.40. The molecule has 0 fully saturated rings. The molecule has 2 aromatic carbocycles. The van der Waals surface area contributed by atoms with E-state index in [9.17, 15) is 8.42 Å². The molecule has 6 heteroatoms. The molecule has 0 saturated carbocycles. The summed E-state index contributed by atoms with van der Waals surface area (Å²) in [5.41, 5.74) is 2.07. The Morgan fingerprint density at radius 2 is 1.54 bits per heavy atom. The number of para-hydroxylation sites is 1. The van der Waals surface area contributed by atoms with E-state index in [0.29, 0.717) is 17.1 Å². The summed E-state index contributed by atoms with van der Waals surface area (Å²) in [5, 5.41) is 3.92. The molecule has 124 valence electrons. The Morgan fingerprint density at radius 1 is 0.958 bits per heavy atom. The van der Waals surface area contributed by atoms with Crippen molar-refractivity contribution in [3.05, 3.63) is 77.7 Å². The Balaban J connectivity index is 2.10. The van der Waals surface area contributed by atoms with Crippen molar-refractivity contribution in [1.29, 1.82) is 0 Å². The van der Waals surface area contributed by atoms with Crippen molar-refractivity contribution in [2.45, 2.75) is 25.3 Å². The first-order valence-electron chi connectivity index (χ1n) is 7.55. The summed E-state index contributed by atoms with van der Waals surface area (Å²) in [6.45, 7) is 3.76. The van der Waals surface area contributed by atoms with Gasteiger partial charge in [0.25, 0.3) is 10.0 Å². The molecule has 0 unspecified atom stereocenters. The minimum Gasteiger partial charge on any atom is -0.361 e. The highest BCUT2D eigenvalue weighted by atomic mass is 32.2. The second-order valence-corrected chi connectivity index (χ2v) is 7.33. The van der Waals surface area contributed by atoms with Gasteiger partial charge >= 0.3 is 0 Å². The van der Waals surface area contributed by atoms with Crippen LogP contribution < -0.4 is 4.31 Å². The van der Waals surface area contributed by atoms with Crippen molar-refractivity contribution in [2.75, 3.05) is 4.31 Å². The molecular weight excluding hydrogens is 324 g/mol. The molecule has 0 saturated heterocycles. The minimum absolute atomic E-state index is 0.169. The van der Waals surface area contributed by atoms with E-state index in [2.05, 4.69) is 5.16 Å². The van der Waals surface area contributed by atoms with E-state index < -0.39 is 10.0 Å². The van der Waals surface area contributed by atoms with E-state index >= 15 is 0 Å². The zero-order chi connectivity index (χ0) is 17.2. The number of nitrogens with zero attached hydrogens (tertiary/aromatic N) is 2. The highest BCUT2D eigenvalue weighted by Crippen LogP contribution is 2.27. The summed E-state index contributed by atoms with van der Waals surface area (Å²) in [6.07, 6.45) is 0. The third-order valence-electron chi connectivity index (χ3n) is 3.86. The lowest BCUT2D eigenvalue weighted by atomic mass is 10.2. The van der Waals surface area contributed by atoms with E-state index in [1.807, 2.05) is 25.1 Å². The van der Waals surface area contributed by atoms with Gasteiger partial charge in [-0.1, -0.05) is 41.6 Å². The van der Waals surface area contributed by atoms with E-state index in [-0.39, 0.29) is 11.4 Å². The lowest BCUT2D eigenvalue weighted by Gasteiger charge is -2.24. The summed E-state index contributed by atoms with van der Waals surface area (Å²) >= 11 is 0. The molecule has 0 amide bonds. The molecule has 1 heterocycles. The minimum atomic E-state index is -3.70. The van der Waals surface area contributed by atoms with Crippen LogP contribution in [0.5, 0.6) is 0 Å². The van der Waals surface area contributed by atoms with Crippen molar-refractivity contribution in [1.82, 2.24) is 5.16 Å². The van der Waals surface area contributed by atoms with Crippen LogP contribution in [0.4, 0.5) is 5.69 Å². The summed E-state index contributed by atoms with van der Waals surface area (Å²) in [4.78, 5) is 0.251. The van der Waals surface area contributed by atoms with Gasteiger partial charge in [-0.15, -0.1) is 0 Å². The van der Waals surface area contributed by atoms with Crippen LogP contribution >= 0.6 is 0 Å². The maximum absolute atomic E-state index is 13.2. The SMILES string of the molecule is Cc1noc(C)c1CN(c1ccccc1)S(=O)(=O)c1ccccc1. The van der Waals surface area contributed by atoms with Crippen LogP contribution in [0, 0.1) is 13.8 Å². The molecule has 5 nitrogen and oxygen atoms in total. The van der Waals surface area contributed by atoms with E-state index in [1.54, 1.807) is 49.4 Å². The number of anilines is 1. The molecule has 1 aromatic heterocycles. The Bertz CT molecular complexity index is 900. The van der Waals surface area contributed by atoms with Gasteiger partial charge in [0.1, 0.15) is 5.76 Å². The Hall–Kier alpha value is -2.60. The first kappa shape index (κ1) is 16.3. The Morgan fingerprint density at radius 3 is 2.08 bits per heavy atom. The average Bonchev–Trinajstić information content (AvgIpc) is 2.92. The molecule has 0 aliphatic heterocycles. The van der Waals surface area contributed by atoms with Crippen molar-refractivity contribution in [3.63, 3.8) is 0 Å². The monoisotopic (exact) mass is 342 g/mol. The second-order valence-electron chi connectivity index (χ2n) is 5.46. The van der Waals surface area contributed by atoms with Gasteiger partial charge in [-0.2, -0.15) is 0 Å². The summed E-state index contributed by atoms with van der Waals surface area (Å²) in [7, 11) is -3.70. The van der Waals surface area contributed by atoms with Crippen LogP contribution in [0.1, 0.15) is 17.0 Å². The summed E-state index contributed by atoms with van der Waals surface area (Å²) in [6, 6.07) is 17.5. The number of rotatable bonds is 5. The molecule has 3 aromatic rings. The summed E-state index contributed by atoms with van der Waals surface area (Å²) < 4.78 is 32.9. The van der Waals surface area contributed by atoms with Crippen LogP contribution in [-0.4, -0.2) is 13.6 Å². The third-order valence-corrected chi connectivity index (χ3v) is 5.65. The summed E-state index contributed by atoms with van der Waals surface area (Å²) in [5.74, 6) is 0.622. The quantitative estimate of drug-likeness (QED) is 0.709. The van der Waals surface area contributed by atoms with Crippen LogP contribution in [0.25, 0.3) is 0 Å². The predicted octanol–water partition coefficient (Wildman–Crippen LogP) is 3.69. The number of sulfonamides is 1. The van der Waals surface area contributed by atoms with Crippen molar-refractivity contribution >= 4 is 15.7 Å². The van der Waals surface area contributed by atoms with Crippen molar-refractivity contribution in [3.8, 4) is 0 Å². The van der Waals surface area contributed by atoms with Gasteiger partial charge in [0.2, 0.25) is 0 Å². The number of aryl methyl sites for hydroxylation is 2. The third kappa shape index (κ3) is 3.05. The molecule has 0 aliphatic carbocycles. The molecule has 24 heavy (non-hydrogen) atoms.